The Morgan fingerprint density at radius 3 is 2.50 bits per heavy atom. The van der Waals surface area contributed by atoms with E-state index in [4.69, 9.17) is 0 Å². The quantitative estimate of drug-likeness (QED) is 0.741. The molecule has 0 heterocycles. The largest absolute Gasteiger partial charge is 0.434 e. The van der Waals surface area contributed by atoms with Gasteiger partial charge in [-0.2, -0.15) is 8.78 Å². The standard InChI is InChI=1S/C10H13F2NO/c1-13(2)7-8-5-3-4-6-9(8)14-10(11)12/h3-6,10H,7H2,1-2H3. The van der Waals surface area contributed by atoms with Gasteiger partial charge in [0.1, 0.15) is 5.75 Å². The summed E-state index contributed by atoms with van der Waals surface area (Å²) < 4.78 is 28.4. The summed E-state index contributed by atoms with van der Waals surface area (Å²) in [7, 11) is 3.75. The number of benzene rings is 1. The molecule has 0 spiro atoms. The Labute approximate surface area is 82.1 Å². The molecule has 14 heavy (non-hydrogen) atoms. The molecular formula is C10H13F2NO. The van der Waals surface area contributed by atoms with Gasteiger partial charge in [0.25, 0.3) is 0 Å². The fourth-order valence-electron chi connectivity index (χ4n) is 1.19. The van der Waals surface area contributed by atoms with E-state index in [1.54, 1.807) is 24.3 Å². The minimum Gasteiger partial charge on any atom is -0.434 e. The lowest BCUT2D eigenvalue weighted by atomic mass is 10.2. The number of ether oxygens (including phenoxy) is 1. The van der Waals surface area contributed by atoms with Gasteiger partial charge in [-0.1, -0.05) is 18.2 Å². The molecule has 0 fully saturated rings. The fourth-order valence-corrected chi connectivity index (χ4v) is 1.19. The molecule has 0 N–H and O–H groups in total. The van der Waals surface area contributed by atoms with Crippen molar-refractivity contribution in [3.05, 3.63) is 29.8 Å². The molecule has 1 rings (SSSR count). The van der Waals surface area contributed by atoms with Crippen LogP contribution in [0.4, 0.5) is 8.78 Å². The van der Waals surface area contributed by atoms with Crippen LogP contribution in [0.25, 0.3) is 0 Å². The van der Waals surface area contributed by atoms with Crippen LogP contribution in [0.15, 0.2) is 24.3 Å². The van der Waals surface area contributed by atoms with E-state index in [2.05, 4.69) is 4.74 Å². The van der Waals surface area contributed by atoms with Crippen LogP contribution in [-0.4, -0.2) is 25.6 Å². The first-order valence-electron chi connectivity index (χ1n) is 4.27. The molecule has 0 saturated heterocycles. The Hall–Kier alpha value is -1.16. The second-order valence-corrected chi connectivity index (χ2v) is 3.22. The summed E-state index contributed by atoms with van der Waals surface area (Å²) in [6.07, 6.45) is 0. The fraction of sp³-hybridized carbons (Fsp3) is 0.400. The second kappa shape index (κ2) is 4.91. The van der Waals surface area contributed by atoms with Gasteiger partial charge < -0.3 is 9.64 Å². The molecule has 2 nitrogen and oxygen atoms in total. The van der Waals surface area contributed by atoms with E-state index in [9.17, 15) is 8.78 Å². The van der Waals surface area contributed by atoms with E-state index in [0.717, 1.165) is 5.56 Å². The lowest BCUT2D eigenvalue weighted by Crippen LogP contribution is -2.13. The first-order valence-corrected chi connectivity index (χ1v) is 4.27. The van der Waals surface area contributed by atoms with E-state index in [1.807, 2.05) is 19.0 Å². The highest BCUT2D eigenvalue weighted by Crippen LogP contribution is 2.20. The van der Waals surface area contributed by atoms with E-state index in [0.29, 0.717) is 6.54 Å². The highest BCUT2D eigenvalue weighted by atomic mass is 19.3. The van der Waals surface area contributed by atoms with Crippen LogP contribution >= 0.6 is 0 Å². The van der Waals surface area contributed by atoms with E-state index >= 15 is 0 Å². The van der Waals surface area contributed by atoms with Crippen molar-refractivity contribution in [1.82, 2.24) is 4.90 Å². The summed E-state index contributed by atoms with van der Waals surface area (Å²) in [6.45, 7) is -2.18. The molecule has 0 aliphatic carbocycles. The van der Waals surface area contributed by atoms with Crippen molar-refractivity contribution in [2.45, 2.75) is 13.2 Å². The Kier molecular flexibility index (Phi) is 3.83. The third kappa shape index (κ3) is 3.30. The van der Waals surface area contributed by atoms with Crippen molar-refractivity contribution < 1.29 is 13.5 Å². The van der Waals surface area contributed by atoms with Crippen molar-refractivity contribution in [2.24, 2.45) is 0 Å². The van der Waals surface area contributed by atoms with Crippen molar-refractivity contribution in [2.75, 3.05) is 14.1 Å². The zero-order chi connectivity index (χ0) is 10.6. The number of hydrogen-bond acceptors (Lipinski definition) is 2. The van der Waals surface area contributed by atoms with Crippen LogP contribution in [0.2, 0.25) is 0 Å². The molecule has 4 heteroatoms. The average Bonchev–Trinajstić information content (AvgIpc) is 2.06. The van der Waals surface area contributed by atoms with Crippen molar-refractivity contribution in [3.63, 3.8) is 0 Å². The third-order valence-electron chi connectivity index (χ3n) is 1.68. The smallest absolute Gasteiger partial charge is 0.387 e. The first kappa shape index (κ1) is 10.9. The van der Waals surface area contributed by atoms with Crippen LogP contribution in [0.5, 0.6) is 5.75 Å². The summed E-state index contributed by atoms with van der Waals surface area (Å²) in [6, 6.07) is 6.80. The van der Waals surface area contributed by atoms with Crippen LogP contribution < -0.4 is 4.74 Å². The van der Waals surface area contributed by atoms with Crippen LogP contribution in [0, 0.1) is 0 Å². The molecule has 0 saturated carbocycles. The minimum atomic E-state index is -2.77. The average molecular weight is 201 g/mol. The van der Waals surface area contributed by atoms with E-state index in [1.165, 1.54) is 0 Å². The zero-order valence-electron chi connectivity index (χ0n) is 8.21. The molecule has 0 amide bonds. The summed E-state index contributed by atoms with van der Waals surface area (Å²) in [5.41, 5.74) is 0.762. The van der Waals surface area contributed by atoms with Gasteiger partial charge >= 0.3 is 6.61 Å². The number of nitrogens with zero attached hydrogens (tertiary/aromatic N) is 1. The Bertz CT molecular complexity index is 260. The van der Waals surface area contributed by atoms with Gasteiger partial charge in [0.15, 0.2) is 0 Å². The monoisotopic (exact) mass is 201 g/mol. The molecule has 0 radical (unpaired) electrons. The number of hydrogen-bond donors (Lipinski definition) is 0. The molecular weight excluding hydrogens is 188 g/mol. The maximum atomic E-state index is 12.0. The number of rotatable bonds is 4. The minimum absolute atomic E-state index is 0.246. The second-order valence-electron chi connectivity index (χ2n) is 3.22. The molecule has 0 bridgehead atoms. The molecule has 0 aliphatic heterocycles. The predicted molar refractivity (Wildman–Crippen MR) is 50.5 cm³/mol. The highest BCUT2D eigenvalue weighted by Gasteiger charge is 2.08. The normalized spacial score (nSPS) is 11.0. The van der Waals surface area contributed by atoms with Crippen molar-refractivity contribution in [3.8, 4) is 5.75 Å². The van der Waals surface area contributed by atoms with E-state index in [-0.39, 0.29) is 5.75 Å². The number of halogens is 2. The van der Waals surface area contributed by atoms with Gasteiger partial charge in [0.05, 0.1) is 0 Å². The Morgan fingerprint density at radius 2 is 1.93 bits per heavy atom. The third-order valence-corrected chi connectivity index (χ3v) is 1.68. The summed E-state index contributed by atoms with van der Waals surface area (Å²) >= 11 is 0. The van der Waals surface area contributed by atoms with Gasteiger partial charge in [-0.3, -0.25) is 0 Å². The van der Waals surface area contributed by atoms with Crippen LogP contribution in [-0.2, 0) is 6.54 Å². The van der Waals surface area contributed by atoms with Crippen molar-refractivity contribution >= 4 is 0 Å². The summed E-state index contributed by atoms with van der Waals surface area (Å²) in [4.78, 5) is 1.90. The van der Waals surface area contributed by atoms with Gasteiger partial charge in [0, 0.05) is 12.1 Å². The molecule has 1 aromatic carbocycles. The summed E-state index contributed by atoms with van der Waals surface area (Å²) in [5.74, 6) is 0.246. The predicted octanol–water partition coefficient (Wildman–Crippen LogP) is 2.35. The molecule has 0 aliphatic rings. The first-order chi connectivity index (χ1) is 6.59. The Balaban J connectivity index is 2.80. The van der Waals surface area contributed by atoms with Gasteiger partial charge in [-0.25, -0.2) is 0 Å². The molecule has 0 atom stereocenters. The van der Waals surface area contributed by atoms with Gasteiger partial charge in [-0.05, 0) is 20.2 Å². The lowest BCUT2D eigenvalue weighted by Gasteiger charge is -2.14. The van der Waals surface area contributed by atoms with E-state index < -0.39 is 6.61 Å². The zero-order valence-corrected chi connectivity index (χ0v) is 8.21. The molecule has 0 unspecified atom stereocenters. The van der Waals surface area contributed by atoms with Crippen LogP contribution in [0.1, 0.15) is 5.56 Å². The lowest BCUT2D eigenvalue weighted by molar-refractivity contribution is -0.0506. The number of alkyl halides is 2. The molecule has 1 aromatic rings. The molecule has 78 valence electrons. The SMILES string of the molecule is CN(C)Cc1ccccc1OC(F)F. The molecule has 0 aromatic heterocycles. The maximum absolute atomic E-state index is 12.0. The Morgan fingerprint density at radius 1 is 1.29 bits per heavy atom. The maximum Gasteiger partial charge on any atom is 0.387 e. The van der Waals surface area contributed by atoms with Gasteiger partial charge in [0.2, 0.25) is 0 Å². The number of para-hydroxylation sites is 1. The topological polar surface area (TPSA) is 12.5 Å². The highest BCUT2D eigenvalue weighted by molar-refractivity contribution is 5.33. The summed E-state index contributed by atoms with van der Waals surface area (Å²) in [5, 5.41) is 0. The van der Waals surface area contributed by atoms with Crippen molar-refractivity contribution in [1.29, 1.82) is 0 Å². The van der Waals surface area contributed by atoms with Crippen LogP contribution in [0.3, 0.4) is 0 Å². The van der Waals surface area contributed by atoms with Gasteiger partial charge in [-0.15, -0.1) is 0 Å².